The van der Waals surface area contributed by atoms with Crippen molar-refractivity contribution in [2.75, 3.05) is 6.61 Å². The van der Waals surface area contributed by atoms with Gasteiger partial charge in [0.25, 0.3) is 0 Å². The van der Waals surface area contributed by atoms with E-state index in [0.717, 1.165) is 30.4 Å². The Bertz CT molecular complexity index is 954. The highest BCUT2D eigenvalue weighted by Crippen LogP contribution is 2.24. The zero-order chi connectivity index (χ0) is 29.0. The van der Waals surface area contributed by atoms with Gasteiger partial charge in [0.2, 0.25) is 0 Å². The van der Waals surface area contributed by atoms with Crippen LogP contribution in [0.1, 0.15) is 127 Å². The number of carbonyl (C=O) groups is 2. The lowest BCUT2D eigenvalue weighted by Crippen LogP contribution is -2.20. The van der Waals surface area contributed by atoms with Gasteiger partial charge in [0, 0.05) is 6.42 Å². The third kappa shape index (κ3) is 13.8. The Balaban J connectivity index is 1.61. The summed E-state index contributed by atoms with van der Waals surface area (Å²) in [5.41, 5.74) is 2.44. The van der Waals surface area contributed by atoms with Crippen LogP contribution in [-0.4, -0.2) is 23.9 Å². The van der Waals surface area contributed by atoms with Crippen LogP contribution >= 0.6 is 11.6 Å². The van der Waals surface area contributed by atoms with Crippen molar-refractivity contribution in [2.45, 2.75) is 122 Å². The Morgan fingerprint density at radius 1 is 0.700 bits per heavy atom. The molecule has 0 bridgehead atoms. The Morgan fingerprint density at radius 2 is 1.18 bits per heavy atom. The molecule has 2 aromatic rings. The van der Waals surface area contributed by atoms with Gasteiger partial charge in [-0.3, -0.25) is 4.79 Å². The SMILES string of the molecule is CCCCCCCCCCCCCCCC(=O)Oc1ccc(-c2ccc(C(=O)OCC(Cl)C(C)CC)cc2)cc1. The Labute approximate surface area is 248 Å². The van der Waals surface area contributed by atoms with Crippen molar-refractivity contribution >= 4 is 23.5 Å². The summed E-state index contributed by atoms with van der Waals surface area (Å²) in [6, 6.07) is 14.8. The second-order valence-electron chi connectivity index (χ2n) is 11.1. The van der Waals surface area contributed by atoms with Crippen LogP contribution in [0.3, 0.4) is 0 Å². The van der Waals surface area contributed by atoms with Crippen LogP contribution in [0, 0.1) is 5.92 Å². The summed E-state index contributed by atoms with van der Waals surface area (Å²) in [5, 5.41) is -0.185. The number of rotatable bonds is 21. The molecule has 2 unspecified atom stereocenters. The number of ether oxygens (including phenoxy) is 2. The largest absolute Gasteiger partial charge is 0.461 e. The van der Waals surface area contributed by atoms with Crippen LogP contribution in [-0.2, 0) is 9.53 Å². The van der Waals surface area contributed by atoms with Crippen molar-refractivity contribution in [1.29, 1.82) is 0 Å². The lowest BCUT2D eigenvalue weighted by molar-refractivity contribution is -0.134. The number of unbranched alkanes of at least 4 members (excludes halogenated alkanes) is 12. The van der Waals surface area contributed by atoms with Gasteiger partial charge in [0.05, 0.1) is 10.9 Å². The molecule has 0 saturated carbocycles. The van der Waals surface area contributed by atoms with E-state index in [0.29, 0.717) is 23.7 Å². The number of carbonyl (C=O) groups excluding carboxylic acids is 2. The van der Waals surface area contributed by atoms with E-state index in [9.17, 15) is 9.59 Å². The molecule has 0 spiro atoms. The van der Waals surface area contributed by atoms with Crippen molar-refractivity contribution in [3.05, 3.63) is 54.1 Å². The molecule has 0 N–H and O–H groups in total. The predicted octanol–water partition coefficient (Wildman–Crippen LogP) is 10.6. The van der Waals surface area contributed by atoms with Crippen LogP contribution in [0.25, 0.3) is 11.1 Å². The van der Waals surface area contributed by atoms with Crippen LogP contribution in [0.15, 0.2) is 48.5 Å². The monoisotopic (exact) mass is 570 g/mol. The highest BCUT2D eigenvalue weighted by Gasteiger charge is 2.16. The maximum Gasteiger partial charge on any atom is 0.338 e. The molecule has 0 aromatic heterocycles. The van der Waals surface area contributed by atoms with E-state index in [1.165, 1.54) is 70.6 Å². The molecule has 0 aliphatic rings. The summed E-state index contributed by atoms with van der Waals surface area (Å²) >= 11 is 6.28. The third-order valence-electron chi connectivity index (χ3n) is 7.66. The number of esters is 2. The first-order chi connectivity index (χ1) is 19.4. The second kappa shape index (κ2) is 20.5. The Morgan fingerprint density at radius 3 is 1.68 bits per heavy atom. The Hall–Kier alpha value is -2.33. The summed E-state index contributed by atoms with van der Waals surface area (Å²) in [6.07, 6.45) is 18.1. The molecule has 0 fully saturated rings. The van der Waals surface area contributed by atoms with Crippen molar-refractivity contribution in [2.24, 2.45) is 5.92 Å². The number of alkyl halides is 1. The maximum absolute atomic E-state index is 12.3. The van der Waals surface area contributed by atoms with Crippen molar-refractivity contribution in [3.8, 4) is 16.9 Å². The first kappa shape index (κ1) is 33.9. The van der Waals surface area contributed by atoms with Gasteiger partial charge in [-0.2, -0.15) is 0 Å². The van der Waals surface area contributed by atoms with E-state index >= 15 is 0 Å². The minimum atomic E-state index is -0.369. The minimum absolute atomic E-state index is 0.175. The second-order valence-corrected chi connectivity index (χ2v) is 11.6. The molecule has 0 saturated heterocycles. The normalized spacial score (nSPS) is 12.6. The van der Waals surface area contributed by atoms with Gasteiger partial charge < -0.3 is 9.47 Å². The molecule has 222 valence electrons. The molecule has 0 heterocycles. The molecule has 2 atom stereocenters. The molecular weight excluding hydrogens is 520 g/mol. The van der Waals surface area contributed by atoms with Crippen LogP contribution in [0.4, 0.5) is 0 Å². The van der Waals surface area contributed by atoms with E-state index in [1.807, 2.05) is 43.3 Å². The first-order valence-electron chi connectivity index (χ1n) is 15.7. The quantitative estimate of drug-likeness (QED) is 0.0648. The Kier molecular flexibility index (Phi) is 17.4. The van der Waals surface area contributed by atoms with Gasteiger partial charge in [-0.05, 0) is 47.7 Å². The molecule has 2 aromatic carbocycles. The van der Waals surface area contributed by atoms with Crippen molar-refractivity contribution < 1.29 is 19.1 Å². The number of hydrogen-bond donors (Lipinski definition) is 0. The van der Waals surface area contributed by atoms with Crippen LogP contribution in [0.5, 0.6) is 5.75 Å². The van der Waals surface area contributed by atoms with Gasteiger partial charge in [0.15, 0.2) is 0 Å². The van der Waals surface area contributed by atoms with Gasteiger partial charge in [-0.15, -0.1) is 11.6 Å². The molecule has 0 aliphatic heterocycles. The van der Waals surface area contributed by atoms with Gasteiger partial charge in [-0.1, -0.05) is 129 Å². The summed E-state index contributed by atoms with van der Waals surface area (Å²) in [6.45, 7) is 6.59. The lowest BCUT2D eigenvalue weighted by atomic mass is 10.0. The lowest BCUT2D eigenvalue weighted by Gasteiger charge is -2.16. The maximum atomic E-state index is 12.3. The fourth-order valence-corrected chi connectivity index (χ4v) is 4.88. The van der Waals surface area contributed by atoms with E-state index in [4.69, 9.17) is 21.1 Å². The molecule has 0 aliphatic carbocycles. The zero-order valence-corrected chi connectivity index (χ0v) is 25.9. The fraction of sp³-hybridized carbons (Fsp3) is 0.600. The molecule has 2 rings (SSSR count). The predicted molar refractivity (Wildman–Crippen MR) is 167 cm³/mol. The molecule has 0 radical (unpaired) electrons. The molecular formula is C35H51ClO4. The van der Waals surface area contributed by atoms with E-state index in [-0.39, 0.29) is 23.9 Å². The standard InChI is InChI=1S/C35H51ClO4/c1-4-6-7-8-9-10-11-12-13-14-15-16-17-18-34(37)40-32-25-23-30(24-26-32)29-19-21-31(22-20-29)35(38)39-27-33(36)28(3)5-2/h19-26,28,33H,4-18,27H2,1-3H3. The van der Waals surface area contributed by atoms with Crippen LogP contribution in [0.2, 0.25) is 0 Å². The topological polar surface area (TPSA) is 52.6 Å². The smallest absolute Gasteiger partial charge is 0.338 e. The van der Waals surface area contributed by atoms with E-state index in [2.05, 4.69) is 13.8 Å². The zero-order valence-electron chi connectivity index (χ0n) is 25.1. The number of hydrogen-bond acceptors (Lipinski definition) is 4. The summed E-state index contributed by atoms with van der Waals surface area (Å²) in [4.78, 5) is 24.6. The van der Waals surface area contributed by atoms with Gasteiger partial charge in [-0.25, -0.2) is 4.79 Å². The van der Waals surface area contributed by atoms with E-state index in [1.54, 1.807) is 12.1 Å². The summed E-state index contributed by atoms with van der Waals surface area (Å²) in [5.74, 6) is 0.302. The van der Waals surface area contributed by atoms with Crippen molar-refractivity contribution in [3.63, 3.8) is 0 Å². The number of halogens is 1. The minimum Gasteiger partial charge on any atom is -0.461 e. The van der Waals surface area contributed by atoms with Crippen molar-refractivity contribution in [1.82, 2.24) is 0 Å². The highest BCUT2D eigenvalue weighted by molar-refractivity contribution is 6.21. The number of benzene rings is 2. The van der Waals surface area contributed by atoms with Crippen LogP contribution < -0.4 is 4.74 Å². The van der Waals surface area contributed by atoms with E-state index < -0.39 is 0 Å². The first-order valence-corrected chi connectivity index (χ1v) is 16.1. The third-order valence-corrected chi connectivity index (χ3v) is 8.22. The summed E-state index contributed by atoms with van der Waals surface area (Å²) in [7, 11) is 0. The average molecular weight is 571 g/mol. The molecule has 40 heavy (non-hydrogen) atoms. The summed E-state index contributed by atoms with van der Waals surface area (Å²) < 4.78 is 10.9. The fourth-order valence-electron chi connectivity index (χ4n) is 4.64. The molecule has 0 amide bonds. The highest BCUT2D eigenvalue weighted by atomic mass is 35.5. The average Bonchev–Trinajstić information content (AvgIpc) is 2.98. The van der Waals surface area contributed by atoms with Gasteiger partial charge >= 0.3 is 11.9 Å². The molecule has 4 nitrogen and oxygen atoms in total. The molecule has 5 heteroatoms. The van der Waals surface area contributed by atoms with Gasteiger partial charge in [0.1, 0.15) is 12.4 Å².